The van der Waals surface area contributed by atoms with E-state index in [1.54, 1.807) is 12.1 Å². The Morgan fingerprint density at radius 2 is 2.24 bits per heavy atom. The number of hydrogen-bond donors (Lipinski definition) is 1. The van der Waals surface area contributed by atoms with Crippen LogP contribution in [0.25, 0.3) is 0 Å². The van der Waals surface area contributed by atoms with Gasteiger partial charge in [-0.2, -0.15) is 0 Å². The molecule has 4 heteroatoms. The number of hydrogen-bond acceptors (Lipinski definition) is 1. The van der Waals surface area contributed by atoms with Gasteiger partial charge in [-0.25, -0.2) is 8.78 Å². The van der Waals surface area contributed by atoms with Crippen LogP contribution in [0.3, 0.4) is 0 Å². The molecule has 0 radical (unpaired) electrons. The van der Waals surface area contributed by atoms with Crippen LogP contribution in [0.5, 0.6) is 0 Å². The van der Waals surface area contributed by atoms with E-state index < -0.39 is 11.5 Å². The zero-order chi connectivity index (χ0) is 12.5. The van der Waals surface area contributed by atoms with Crippen molar-refractivity contribution in [2.45, 2.75) is 43.8 Å². The lowest BCUT2D eigenvalue weighted by Crippen LogP contribution is -2.39. The first-order chi connectivity index (χ1) is 8.00. The normalized spacial score (nSPS) is 29.3. The van der Waals surface area contributed by atoms with Gasteiger partial charge < -0.3 is 5.73 Å². The molecule has 2 unspecified atom stereocenters. The van der Waals surface area contributed by atoms with Gasteiger partial charge in [-0.3, -0.25) is 0 Å². The van der Waals surface area contributed by atoms with E-state index in [2.05, 4.69) is 0 Å². The van der Waals surface area contributed by atoms with Crippen molar-refractivity contribution in [2.24, 2.45) is 5.73 Å². The van der Waals surface area contributed by atoms with Crippen molar-refractivity contribution >= 4 is 11.6 Å². The van der Waals surface area contributed by atoms with Crippen molar-refractivity contribution < 1.29 is 8.78 Å². The number of benzene rings is 1. The lowest BCUT2D eigenvalue weighted by Gasteiger charge is -2.33. The van der Waals surface area contributed by atoms with E-state index in [-0.39, 0.29) is 17.5 Å². The van der Waals surface area contributed by atoms with Crippen LogP contribution in [0, 0.1) is 5.82 Å². The Bertz CT molecular complexity index is 410. The van der Waals surface area contributed by atoms with E-state index in [1.807, 2.05) is 0 Å². The Morgan fingerprint density at radius 1 is 1.47 bits per heavy atom. The van der Waals surface area contributed by atoms with E-state index in [1.165, 1.54) is 6.07 Å². The summed E-state index contributed by atoms with van der Waals surface area (Å²) in [7, 11) is 0. The molecule has 2 atom stereocenters. The summed E-state index contributed by atoms with van der Waals surface area (Å²) in [5.41, 5.74) is 4.73. The van der Waals surface area contributed by atoms with Gasteiger partial charge in [0.15, 0.2) is 0 Å². The van der Waals surface area contributed by atoms with Crippen LogP contribution >= 0.6 is 11.6 Å². The Labute approximate surface area is 105 Å². The summed E-state index contributed by atoms with van der Waals surface area (Å²) in [6.07, 6.45) is 2.43. The van der Waals surface area contributed by atoms with Gasteiger partial charge in [-0.1, -0.05) is 23.7 Å². The van der Waals surface area contributed by atoms with E-state index in [9.17, 15) is 8.78 Å². The second kappa shape index (κ2) is 4.91. The molecule has 1 saturated carbocycles. The molecule has 1 fully saturated rings. The minimum absolute atomic E-state index is 0.0474. The van der Waals surface area contributed by atoms with Gasteiger partial charge in [-0.05, 0) is 37.3 Å². The summed E-state index contributed by atoms with van der Waals surface area (Å²) >= 11 is 5.68. The topological polar surface area (TPSA) is 26.0 Å². The molecular weight excluding hydrogens is 244 g/mol. The molecule has 94 valence electrons. The molecular formula is C13H16ClF2N. The van der Waals surface area contributed by atoms with Crippen LogP contribution in [0.15, 0.2) is 18.2 Å². The van der Waals surface area contributed by atoms with Gasteiger partial charge >= 0.3 is 0 Å². The minimum atomic E-state index is -1.39. The molecule has 1 aromatic carbocycles. The standard InChI is InChI=1S/C13H16ClF2N/c14-11-5-1-3-9(12(11)15)7-13(16)6-2-4-10(17)8-13/h1,3,5,10H,2,4,6-8,17H2. The van der Waals surface area contributed by atoms with Crippen LogP contribution in [0.4, 0.5) is 8.78 Å². The highest BCUT2D eigenvalue weighted by molar-refractivity contribution is 6.30. The maximum absolute atomic E-state index is 14.5. The molecule has 0 bridgehead atoms. The van der Waals surface area contributed by atoms with Crippen molar-refractivity contribution in [3.05, 3.63) is 34.6 Å². The quantitative estimate of drug-likeness (QED) is 0.862. The van der Waals surface area contributed by atoms with Gasteiger partial charge in [0.1, 0.15) is 11.5 Å². The summed E-state index contributed by atoms with van der Waals surface area (Å²) < 4.78 is 28.2. The van der Waals surface area contributed by atoms with E-state index >= 15 is 0 Å². The third-order valence-corrected chi connectivity index (χ3v) is 3.66. The van der Waals surface area contributed by atoms with Crippen molar-refractivity contribution in [2.75, 3.05) is 0 Å². The molecule has 0 spiro atoms. The van der Waals surface area contributed by atoms with E-state index in [0.29, 0.717) is 18.4 Å². The summed E-state index contributed by atoms with van der Waals surface area (Å²) in [6, 6.07) is 4.59. The highest BCUT2D eigenvalue weighted by Crippen LogP contribution is 2.35. The maximum atomic E-state index is 14.5. The molecule has 2 rings (SSSR count). The molecule has 0 saturated heterocycles. The second-order valence-electron chi connectivity index (χ2n) is 4.90. The Kier molecular flexibility index (Phi) is 3.69. The zero-order valence-corrected chi connectivity index (χ0v) is 10.3. The highest BCUT2D eigenvalue weighted by Gasteiger charge is 2.36. The molecule has 0 aromatic heterocycles. The first kappa shape index (κ1) is 12.8. The molecule has 1 aromatic rings. The predicted octanol–water partition coefficient (Wildman–Crippen LogP) is 3.63. The maximum Gasteiger partial charge on any atom is 0.145 e. The Hall–Kier alpha value is -0.670. The predicted molar refractivity (Wildman–Crippen MR) is 65.4 cm³/mol. The fraction of sp³-hybridized carbons (Fsp3) is 0.538. The molecule has 0 amide bonds. The molecule has 1 nitrogen and oxygen atoms in total. The fourth-order valence-electron chi connectivity index (χ4n) is 2.54. The van der Waals surface area contributed by atoms with Gasteiger partial charge in [0.25, 0.3) is 0 Å². The third-order valence-electron chi connectivity index (χ3n) is 3.37. The first-order valence-electron chi connectivity index (χ1n) is 5.88. The van der Waals surface area contributed by atoms with Crippen LogP contribution in [0.1, 0.15) is 31.2 Å². The van der Waals surface area contributed by atoms with Gasteiger partial charge in [0, 0.05) is 12.5 Å². The lowest BCUT2D eigenvalue weighted by atomic mass is 9.80. The molecule has 1 aliphatic carbocycles. The van der Waals surface area contributed by atoms with Crippen molar-refractivity contribution in [3.8, 4) is 0 Å². The van der Waals surface area contributed by atoms with Gasteiger partial charge in [0.05, 0.1) is 5.02 Å². The van der Waals surface area contributed by atoms with Crippen LogP contribution in [0.2, 0.25) is 5.02 Å². The largest absolute Gasteiger partial charge is 0.328 e. The molecule has 17 heavy (non-hydrogen) atoms. The third kappa shape index (κ3) is 2.96. The average molecular weight is 260 g/mol. The number of halogens is 3. The Balaban J connectivity index is 2.17. The lowest BCUT2D eigenvalue weighted by molar-refractivity contribution is 0.0955. The monoisotopic (exact) mass is 259 g/mol. The molecule has 0 heterocycles. The number of alkyl halides is 1. The number of rotatable bonds is 2. The first-order valence-corrected chi connectivity index (χ1v) is 6.25. The summed E-state index contributed by atoms with van der Waals surface area (Å²) in [4.78, 5) is 0. The zero-order valence-electron chi connectivity index (χ0n) is 9.56. The molecule has 2 N–H and O–H groups in total. The summed E-state index contributed by atoms with van der Waals surface area (Å²) in [6.45, 7) is 0. The van der Waals surface area contributed by atoms with E-state index in [0.717, 1.165) is 12.8 Å². The smallest absolute Gasteiger partial charge is 0.145 e. The van der Waals surface area contributed by atoms with Crippen molar-refractivity contribution in [1.29, 1.82) is 0 Å². The SMILES string of the molecule is NC1CCCC(F)(Cc2cccc(Cl)c2F)C1. The van der Waals surface area contributed by atoms with Gasteiger partial charge in [-0.15, -0.1) is 0 Å². The van der Waals surface area contributed by atoms with Crippen molar-refractivity contribution in [1.82, 2.24) is 0 Å². The molecule has 1 aliphatic rings. The van der Waals surface area contributed by atoms with Gasteiger partial charge in [0.2, 0.25) is 0 Å². The number of nitrogens with two attached hydrogens (primary N) is 1. The second-order valence-corrected chi connectivity index (χ2v) is 5.30. The van der Waals surface area contributed by atoms with E-state index in [4.69, 9.17) is 17.3 Å². The summed E-state index contributed by atoms with van der Waals surface area (Å²) in [5.74, 6) is -0.509. The van der Waals surface area contributed by atoms with Crippen LogP contribution in [-0.2, 0) is 6.42 Å². The summed E-state index contributed by atoms with van der Waals surface area (Å²) in [5, 5.41) is 0.0474. The van der Waals surface area contributed by atoms with Crippen LogP contribution < -0.4 is 5.73 Å². The Morgan fingerprint density at radius 3 is 2.94 bits per heavy atom. The van der Waals surface area contributed by atoms with Crippen LogP contribution in [-0.4, -0.2) is 11.7 Å². The average Bonchev–Trinajstić information content (AvgIpc) is 2.24. The molecule has 0 aliphatic heterocycles. The minimum Gasteiger partial charge on any atom is -0.328 e. The fourth-order valence-corrected chi connectivity index (χ4v) is 2.74. The highest BCUT2D eigenvalue weighted by atomic mass is 35.5. The van der Waals surface area contributed by atoms with Crippen molar-refractivity contribution in [3.63, 3.8) is 0 Å².